The van der Waals surface area contributed by atoms with Gasteiger partial charge < -0.3 is 14.8 Å². The Bertz CT molecular complexity index is 810. The molecule has 1 heterocycles. The first-order valence-electron chi connectivity index (χ1n) is 7.85. The second-order valence-electron chi connectivity index (χ2n) is 5.32. The van der Waals surface area contributed by atoms with E-state index < -0.39 is 11.8 Å². The Labute approximate surface area is 145 Å². The topological polar surface area (TPSA) is 64.6 Å². The molecular weight excluding hydrogens is 318 g/mol. The number of anilines is 1. The fourth-order valence-electron chi connectivity index (χ4n) is 2.31. The van der Waals surface area contributed by atoms with E-state index in [1.54, 1.807) is 6.08 Å². The van der Waals surface area contributed by atoms with Crippen LogP contribution >= 0.6 is 0 Å². The lowest BCUT2D eigenvalue weighted by molar-refractivity contribution is -0.139. The van der Waals surface area contributed by atoms with E-state index in [1.807, 2.05) is 66.7 Å². The normalized spacial score (nSPS) is 13.8. The maximum atomic E-state index is 12.2. The monoisotopic (exact) mass is 335 g/mol. The summed E-state index contributed by atoms with van der Waals surface area (Å²) in [4.78, 5) is 24.1. The van der Waals surface area contributed by atoms with Gasteiger partial charge in [0.05, 0.1) is 0 Å². The quantitative estimate of drug-likeness (QED) is 0.649. The van der Waals surface area contributed by atoms with Crippen molar-refractivity contribution < 1.29 is 19.1 Å². The summed E-state index contributed by atoms with van der Waals surface area (Å²) in [6, 6.07) is 18.8. The molecule has 0 unspecified atom stereocenters. The highest BCUT2D eigenvalue weighted by Crippen LogP contribution is 2.20. The first-order valence-corrected chi connectivity index (χ1v) is 7.85. The minimum atomic E-state index is -0.696. The van der Waals surface area contributed by atoms with E-state index in [0.717, 1.165) is 11.3 Å². The van der Waals surface area contributed by atoms with Crippen molar-refractivity contribution in [1.82, 2.24) is 0 Å². The van der Waals surface area contributed by atoms with Crippen LogP contribution in [0.4, 0.5) is 5.69 Å². The van der Waals surface area contributed by atoms with Crippen LogP contribution in [0.15, 0.2) is 78.2 Å². The third-order valence-corrected chi connectivity index (χ3v) is 3.51. The zero-order chi connectivity index (χ0) is 17.5. The second-order valence-corrected chi connectivity index (χ2v) is 5.32. The molecule has 0 saturated heterocycles. The van der Waals surface area contributed by atoms with Crippen molar-refractivity contribution in [3.8, 4) is 0 Å². The van der Waals surface area contributed by atoms with Gasteiger partial charge in [0, 0.05) is 5.69 Å². The number of carbonyl (C=O) groups is 2. The van der Waals surface area contributed by atoms with E-state index in [9.17, 15) is 9.59 Å². The van der Waals surface area contributed by atoms with Crippen LogP contribution in [0.2, 0.25) is 0 Å². The molecule has 0 atom stereocenters. The number of ketones is 1. The van der Waals surface area contributed by atoms with Crippen molar-refractivity contribution in [2.24, 2.45) is 0 Å². The highest BCUT2D eigenvalue weighted by atomic mass is 16.5. The highest BCUT2D eigenvalue weighted by Gasteiger charge is 2.32. The van der Waals surface area contributed by atoms with Crippen LogP contribution in [0, 0.1) is 0 Å². The standard InChI is InChI=1S/C20H17NO4/c22-17-14-25-19(21-16-11-5-2-6-12-16)18(17)20(23)24-13-7-10-15-8-3-1-4-9-15/h1-12,21H,13-14H2/b10-7+. The van der Waals surface area contributed by atoms with Gasteiger partial charge in [-0.15, -0.1) is 0 Å². The number of rotatable bonds is 6. The van der Waals surface area contributed by atoms with Gasteiger partial charge in [0.25, 0.3) is 0 Å². The number of carbonyl (C=O) groups excluding carboxylic acids is 2. The fraction of sp³-hybridized carbons (Fsp3) is 0.100. The molecule has 126 valence electrons. The Kier molecular flexibility index (Phi) is 5.26. The average Bonchev–Trinajstić information content (AvgIpc) is 3.00. The smallest absolute Gasteiger partial charge is 0.347 e. The molecule has 0 aromatic heterocycles. The number of nitrogens with one attached hydrogen (secondary N) is 1. The van der Waals surface area contributed by atoms with Gasteiger partial charge in [0.15, 0.2) is 12.2 Å². The van der Waals surface area contributed by atoms with Crippen LogP contribution in [0.5, 0.6) is 0 Å². The predicted octanol–water partition coefficient (Wildman–Crippen LogP) is 3.17. The summed E-state index contributed by atoms with van der Waals surface area (Å²) < 4.78 is 10.4. The summed E-state index contributed by atoms with van der Waals surface area (Å²) in [5.41, 5.74) is 1.64. The fourth-order valence-corrected chi connectivity index (χ4v) is 2.31. The van der Waals surface area contributed by atoms with Crippen molar-refractivity contribution >= 4 is 23.5 Å². The molecule has 2 aromatic rings. The minimum Gasteiger partial charge on any atom is -0.470 e. The molecule has 0 aliphatic carbocycles. The van der Waals surface area contributed by atoms with Gasteiger partial charge in [0.2, 0.25) is 11.7 Å². The van der Waals surface area contributed by atoms with Crippen molar-refractivity contribution in [3.63, 3.8) is 0 Å². The maximum Gasteiger partial charge on any atom is 0.347 e. The highest BCUT2D eigenvalue weighted by molar-refractivity contribution is 6.19. The third kappa shape index (κ3) is 4.35. The Hall–Kier alpha value is -3.34. The van der Waals surface area contributed by atoms with Crippen molar-refractivity contribution in [3.05, 3.63) is 83.8 Å². The molecule has 0 radical (unpaired) electrons. The average molecular weight is 335 g/mol. The molecule has 1 N–H and O–H groups in total. The molecule has 0 saturated carbocycles. The van der Waals surface area contributed by atoms with Gasteiger partial charge in [-0.3, -0.25) is 4.79 Å². The number of hydrogen-bond donors (Lipinski definition) is 1. The summed E-state index contributed by atoms with van der Waals surface area (Å²) in [5.74, 6) is -0.956. The van der Waals surface area contributed by atoms with E-state index in [-0.39, 0.29) is 24.7 Å². The van der Waals surface area contributed by atoms with Crippen LogP contribution in [0.1, 0.15) is 5.56 Å². The molecule has 2 aromatic carbocycles. The molecule has 5 heteroatoms. The van der Waals surface area contributed by atoms with E-state index in [2.05, 4.69) is 5.32 Å². The first kappa shape index (κ1) is 16.5. The van der Waals surface area contributed by atoms with Crippen LogP contribution in [-0.4, -0.2) is 25.0 Å². The van der Waals surface area contributed by atoms with Crippen LogP contribution in [0.3, 0.4) is 0 Å². The van der Waals surface area contributed by atoms with Gasteiger partial charge in [0.1, 0.15) is 6.61 Å². The van der Waals surface area contributed by atoms with Crippen molar-refractivity contribution in [2.45, 2.75) is 0 Å². The van der Waals surface area contributed by atoms with Crippen LogP contribution < -0.4 is 5.32 Å². The summed E-state index contributed by atoms with van der Waals surface area (Å²) in [7, 11) is 0. The molecule has 3 rings (SSSR count). The number of hydrogen-bond acceptors (Lipinski definition) is 5. The lowest BCUT2D eigenvalue weighted by Crippen LogP contribution is -2.16. The lowest BCUT2D eigenvalue weighted by atomic mass is 10.2. The molecule has 0 fully saturated rings. The van der Waals surface area contributed by atoms with Gasteiger partial charge in [-0.2, -0.15) is 0 Å². The van der Waals surface area contributed by atoms with Gasteiger partial charge in [-0.25, -0.2) is 4.79 Å². The summed E-state index contributed by atoms with van der Waals surface area (Å²) in [5, 5.41) is 2.94. The molecule has 5 nitrogen and oxygen atoms in total. The van der Waals surface area contributed by atoms with Crippen molar-refractivity contribution in [2.75, 3.05) is 18.5 Å². The SMILES string of the molecule is O=C1COC(Nc2ccccc2)=C1C(=O)OC/C=C/c1ccccc1. The molecule has 1 aliphatic rings. The summed E-state index contributed by atoms with van der Waals surface area (Å²) in [6.07, 6.45) is 3.57. The van der Waals surface area contributed by atoms with E-state index in [4.69, 9.17) is 9.47 Å². The Morgan fingerprint density at radius 1 is 1.08 bits per heavy atom. The Morgan fingerprint density at radius 3 is 2.48 bits per heavy atom. The van der Waals surface area contributed by atoms with E-state index in [0.29, 0.717) is 0 Å². The molecule has 25 heavy (non-hydrogen) atoms. The maximum absolute atomic E-state index is 12.2. The van der Waals surface area contributed by atoms with Crippen LogP contribution in [-0.2, 0) is 19.1 Å². The number of esters is 1. The number of Topliss-reactive ketones (excluding diaryl/α,β-unsaturated/α-hetero) is 1. The molecular formula is C20H17NO4. The zero-order valence-electron chi connectivity index (χ0n) is 13.5. The predicted molar refractivity (Wildman–Crippen MR) is 94.5 cm³/mol. The third-order valence-electron chi connectivity index (χ3n) is 3.51. The number of para-hydroxylation sites is 1. The Balaban J connectivity index is 1.63. The minimum absolute atomic E-state index is 0.0725. The molecule has 0 bridgehead atoms. The van der Waals surface area contributed by atoms with E-state index >= 15 is 0 Å². The summed E-state index contributed by atoms with van der Waals surface area (Å²) in [6.45, 7) is -0.0947. The second kappa shape index (κ2) is 7.97. The number of ether oxygens (including phenoxy) is 2. The molecule has 0 amide bonds. The zero-order valence-corrected chi connectivity index (χ0v) is 13.5. The van der Waals surface area contributed by atoms with Crippen molar-refractivity contribution in [1.29, 1.82) is 0 Å². The van der Waals surface area contributed by atoms with Gasteiger partial charge >= 0.3 is 5.97 Å². The molecule has 0 spiro atoms. The van der Waals surface area contributed by atoms with Crippen LogP contribution in [0.25, 0.3) is 6.08 Å². The Morgan fingerprint density at radius 2 is 1.76 bits per heavy atom. The largest absolute Gasteiger partial charge is 0.470 e. The first-order chi connectivity index (χ1) is 12.2. The lowest BCUT2D eigenvalue weighted by Gasteiger charge is -2.08. The molecule has 1 aliphatic heterocycles. The number of benzene rings is 2. The summed E-state index contributed by atoms with van der Waals surface area (Å²) >= 11 is 0. The van der Waals surface area contributed by atoms with Gasteiger partial charge in [-0.05, 0) is 23.8 Å². The van der Waals surface area contributed by atoms with Gasteiger partial charge in [-0.1, -0.05) is 54.6 Å². The van der Waals surface area contributed by atoms with E-state index in [1.165, 1.54) is 0 Å².